The van der Waals surface area contributed by atoms with Crippen LogP contribution in [-0.4, -0.2) is 49.0 Å². The van der Waals surface area contributed by atoms with E-state index in [1.165, 1.54) is 0 Å². The number of nitrogens with one attached hydrogen (secondary N) is 1. The Morgan fingerprint density at radius 2 is 2.09 bits per heavy atom. The van der Waals surface area contributed by atoms with Crippen LogP contribution in [0.15, 0.2) is 42.6 Å². The van der Waals surface area contributed by atoms with Gasteiger partial charge in [-0.15, -0.1) is 0 Å². The lowest BCUT2D eigenvalue weighted by molar-refractivity contribution is 0.100. The van der Waals surface area contributed by atoms with Crippen molar-refractivity contribution in [1.29, 1.82) is 0 Å². The fourth-order valence-corrected chi connectivity index (χ4v) is 4.20. The third-order valence-electron chi connectivity index (χ3n) is 5.84. The molecule has 0 aliphatic carbocycles. The molecule has 172 valence electrons. The average molecular weight is 458 g/mol. The largest absolute Gasteiger partial charge is 0.488 e. The molecular formula is C23H23BN6O4. The number of primary amides is 1. The van der Waals surface area contributed by atoms with E-state index in [2.05, 4.69) is 10.3 Å². The Hall–Kier alpha value is -3.80. The average Bonchev–Trinajstić information content (AvgIpc) is 3.18. The van der Waals surface area contributed by atoms with Crippen LogP contribution in [-0.2, 0) is 24.3 Å². The quantitative estimate of drug-likeness (QED) is 0.307. The smallest absolute Gasteiger partial charge is 0.423 e. The summed E-state index contributed by atoms with van der Waals surface area (Å²) in [6, 6.07) is 10.4. The number of ether oxygens (including phenoxy) is 1. The Bertz CT molecular complexity index is 1400. The van der Waals surface area contributed by atoms with Crippen LogP contribution in [0.1, 0.15) is 32.9 Å². The second-order valence-electron chi connectivity index (χ2n) is 8.12. The van der Waals surface area contributed by atoms with E-state index in [1.54, 1.807) is 40.9 Å². The lowest BCUT2D eigenvalue weighted by Crippen LogP contribution is -2.30. The lowest BCUT2D eigenvalue weighted by atomic mass is 9.79. The van der Waals surface area contributed by atoms with Crippen LogP contribution in [0.2, 0.25) is 0 Å². The number of benzene rings is 1. The monoisotopic (exact) mass is 458 g/mol. The molecule has 1 aromatic carbocycles. The van der Waals surface area contributed by atoms with Crippen molar-refractivity contribution in [2.75, 3.05) is 11.9 Å². The molecule has 0 spiro atoms. The Kier molecular flexibility index (Phi) is 5.74. The van der Waals surface area contributed by atoms with Crippen molar-refractivity contribution in [3.05, 3.63) is 70.7 Å². The Morgan fingerprint density at radius 3 is 2.88 bits per heavy atom. The molecule has 5 rings (SSSR count). The van der Waals surface area contributed by atoms with Crippen LogP contribution in [0, 0.1) is 6.92 Å². The molecule has 0 atom stereocenters. The number of anilines is 1. The minimum atomic E-state index is -1.53. The molecule has 11 heteroatoms. The van der Waals surface area contributed by atoms with E-state index >= 15 is 0 Å². The number of nitrogens with two attached hydrogens (primary N) is 1. The van der Waals surface area contributed by atoms with Gasteiger partial charge in [-0.2, -0.15) is 0 Å². The number of rotatable bonds is 6. The van der Waals surface area contributed by atoms with Crippen LogP contribution < -0.4 is 16.5 Å². The van der Waals surface area contributed by atoms with Crippen LogP contribution in [0.3, 0.4) is 0 Å². The van der Waals surface area contributed by atoms with Gasteiger partial charge in [-0.3, -0.25) is 9.20 Å². The molecule has 5 N–H and O–H groups in total. The van der Waals surface area contributed by atoms with E-state index in [0.29, 0.717) is 65.9 Å². The van der Waals surface area contributed by atoms with Crippen molar-refractivity contribution in [2.24, 2.45) is 5.73 Å². The van der Waals surface area contributed by atoms with Crippen molar-refractivity contribution in [3.63, 3.8) is 0 Å². The molecule has 4 aromatic rings. The highest BCUT2D eigenvalue weighted by atomic mass is 16.5. The van der Waals surface area contributed by atoms with Gasteiger partial charge in [0.2, 0.25) is 0 Å². The van der Waals surface area contributed by atoms with Crippen molar-refractivity contribution in [3.8, 4) is 11.5 Å². The Morgan fingerprint density at radius 1 is 1.24 bits per heavy atom. The van der Waals surface area contributed by atoms with Crippen LogP contribution in [0.25, 0.3) is 17.2 Å². The van der Waals surface area contributed by atoms with E-state index in [0.717, 1.165) is 16.8 Å². The van der Waals surface area contributed by atoms with E-state index in [-0.39, 0.29) is 0 Å². The first-order chi connectivity index (χ1) is 16.4. The molecule has 10 nitrogen and oxygen atoms in total. The van der Waals surface area contributed by atoms with Crippen LogP contribution in [0.4, 0.5) is 5.82 Å². The summed E-state index contributed by atoms with van der Waals surface area (Å²) in [4.78, 5) is 26.0. The molecule has 1 aliphatic heterocycles. The summed E-state index contributed by atoms with van der Waals surface area (Å²) in [6.45, 7) is 3.22. The number of carbonyl (C=O) groups excluding carboxylic acids is 1. The zero-order chi connectivity index (χ0) is 23.8. The first-order valence-corrected chi connectivity index (χ1v) is 10.9. The first-order valence-electron chi connectivity index (χ1n) is 10.9. The molecule has 0 saturated heterocycles. The van der Waals surface area contributed by atoms with Gasteiger partial charge >= 0.3 is 7.12 Å². The third kappa shape index (κ3) is 4.00. The molecule has 1 amide bonds. The minimum Gasteiger partial charge on any atom is -0.423 e. The van der Waals surface area contributed by atoms with E-state index in [4.69, 9.17) is 20.4 Å². The lowest BCUT2D eigenvalue weighted by Gasteiger charge is -2.20. The summed E-state index contributed by atoms with van der Waals surface area (Å²) in [5, 5.41) is 22.3. The molecule has 1 aliphatic rings. The fourth-order valence-electron chi connectivity index (χ4n) is 4.20. The van der Waals surface area contributed by atoms with E-state index in [1.807, 2.05) is 13.0 Å². The predicted molar refractivity (Wildman–Crippen MR) is 126 cm³/mol. The van der Waals surface area contributed by atoms with Crippen LogP contribution >= 0.6 is 0 Å². The number of hydrogen-bond acceptors (Lipinski definition) is 8. The van der Waals surface area contributed by atoms with Crippen molar-refractivity contribution in [2.45, 2.75) is 26.5 Å². The third-order valence-corrected chi connectivity index (χ3v) is 5.84. The molecule has 0 fully saturated rings. The Balaban J connectivity index is 1.57. The number of nitrogens with zero attached hydrogens (tertiary/aromatic N) is 4. The number of fused-ring (bicyclic) bond motifs is 2. The highest BCUT2D eigenvalue weighted by molar-refractivity contribution is 6.58. The SMILES string of the molecule is Cc1nc2c(C(N)=O)cccn2c1-c1nc2c(c(NCc3cccc(B(O)O)c3)n1)CCOC2. The topological polar surface area (TPSA) is 148 Å². The maximum Gasteiger partial charge on any atom is 0.488 e. The summed E-state index contributed by atoms with van der Waals surface area (Å²) in [6.07, 6.45) is 2.47. The van der Waals surface area contributed by atoms with Gasteiger partial charge in [0.15, 0.2) is 5.82 Å². The van der Waals surface area contributed by atoms with Gasteiger partial charge in [-0.25, -0.2) is 15.0 Å². The highest BCUT2D eigenvalue weighted by Crippen LogP contribution is 2.29. The molecule has 3 aromatic heterocycles. The number of amides is 1. The summed E-state index contributed by atoms with van der Waals surface area (Å²) in [7, 11) is -1.53. The zero-order valence-electron chi connectivity index (χ0n) is 18.5. The standard InChI is InChI=1S/C23H23BN6O4/c1-13-19(30-8-3-6-17(20(25)31)23(30)27-13)22-28-18-12-34-9-7-16(18)21(29-22)26-11-14-4-2-5-15(10-14)24(32)33/h2-6,8,10,32-33H,7,9,11-12H2,1H3,(H2,25,31)(H,26,28,29). The van der Waals surface area contributed by atoms with Crippen LogP contribution in [0.5, 0.6) is 0 Å². The second kappa shape index (κ2) is 8.86. The van der Waals surface area contributed by atoms with E-state index < -0.39 is 13.0 Å². The summed E-state index contributed by atoms with van der Waals surface area (Å²) in [5.74, 6) is 0.580. The van der Waals surface area contributed by atoms with Gasteiger partial charge in [0, 0.05) is 24.7 Å². The number of carbonyl (C=O) groups is 1. The minimum absolute atomic E-state index is 0.322. The van der Waals surface area contributed by atoms with Gasteiger partial charge in [0.05, 0.1) is 30.2 Å². The zero-order valence-corrected chi connectivity index (χ0v) is 18.5. The number of aromatic nitrogens is 4. The molecular weight excluding hydrogens is 435 g/mol. The maximum atomic E-state index is 11.9. The van der Waals surface area contributed by atoms with Crippen molar-refractivity contribution < 1.29 is 19.6 Å². The van der Waals surface area contributed by atoms with Gasteiger partial charge in [0.1, 0.15) is 17.2 Å². The summed E-state index contributed by atoms with van der Waals surface area (Å²) in [5.41, 5.74) is 10.7. The van der Waals surface area contributed by atoms with E-state index in [9.17, 15) is 14.8 Å². The van der Waals surface area contributed by atoms with Gasteiger partial charge < -0.3 is 25.8 Å². The van der Waals surface area contributed by atoms with Crippen molar-refractivity contribution >= 4 is 30.0 Å². The molecule has 0 radical (unpaired) electrons. The fraction of sp³-hybridized carbons (Fsp3) is 0.217. The molecule has 34 heavy (non-hydrogen) atoms. The molecule has 0 bridgehead atoms. The maximum absolute atomic E-state index is 11.9. The second-order valence-corrected chi connectivity index (χ2v) is 8.12. The predicted octanol–water partition coefficient (Wildman–Crippen LogP) is 0.563. The van der Waals surface area contributed by atoms with Gasteiger partial charge in [0.25, 0.3) is 5.91 Å². The summed E-state index contributed by atoms with van der Waals surface area (Å²) >= 11 is 0. The normalized spacial score (nSPS) is 13.0. The number of imidazole rings is 1. The number of pyridine rings is 1. The van der Waals surface area contributed by atoms with Gasteiger partial charge in [-0.05, 0) is 30.1 Å². The van der Waals surface area contributed by atoms with Crippen molar-refractivity contribution in [1.82, 2.24) is 19.4 Å². The number of hydrogen-bond donors (Lipinski definition) is 4. The number of aryl methyl sites for hydroxylation is 1. The molecule has 0 unspecified atom stereocenters. The molecule has 0 saturated carbocycles. The highest BCUT2D eigenvalue weighted by Gasteiger charge is 2.23. The molecule has 4 heterocycles. The Labute approximate surface area is 195 Å². The first kappa shape index (κ1) is 22.0. The van der Waals surface area contributed by atoms with Gasteiger partial charge in [-0.1, -0.05) is 24.3 Å². The summed E-state index contributed by atoms with van der Waals surface area (Å²) < 4.78 is 7.41.